The topological polar surface area (TPSA) is 134 Å². The highest BCUT2D eigenvalue weighted by Crippen LogP contribution is 2.43. The summed E-state index contributed by atoms with van der Waals surface area (Å²) >= 11 is 0. The number of carbonyl (C=O) groups is 2. The molecule has 0 aliphatic carbocycles. The van der Waals surface area contributed by atoms with Crippen molar-refractivity contribution in [1.29, 1.82) is 0 Å². The van der Waals surface area contributed by atoms with Crippen molar-refractivity contribution in [2.24, 2.45) is 5.73 Å². The molecule has 0 aliphatic rings. The van der Waals surface area contributed by atoms with E-state index in [0.29, 0.717) is 6.42 Å². The summed E-state index contributed by atoms with van der Waals surface area (Å²) in [5.41, 5.74) is 5.42. The molecule has 0 aromatic rings. The summed E-state index contributed by atoms with van der Waals surface area (Å²) in [4.78, 5) is 35.5. The Labute approximate surface area is 636 Å². The maximum atomic E-state index is 12.8. The maximum Gasteiger partial charge on any atom is 0.472 e. The first-order valence-electron chi connectivity index (χ1n) is 43.0. The summed E-state index contributed by atoms with van der Waals surface area (Å²) in [6.07, 6.45) is 127. The van der Waals surface area contributed by atoms with Crippen LogP contribution in [0.3, 0.4) is 0 Å². The molecule has 103 heavy (non-hydrogen) atoms. The summed E-state index contributed by atoms with van der Waals surface area (Å²) in [5, 5.41) is 0. The number of unbranched alkanes of at least 4 members (excludes halogenated alkanes) is 41. The predicted molar refractivity (Wildman–Crippen MR) is 450 cm³/mol. The Hall–Kier alpha value is -4.37. The molecule has 0 saturated heterocycles. The van der Waals surface area contributed by atoms with E-state index in [1.54, 1.807) is 0 Å². The van der Waals surface area contributed by atoms with Crippen molar-refractivity contribution in [1.82, 2.24) is 0 Å². The van der Waals surface area contributed by atoms with Crippen LogP contribution in [0.15, 0.2) is 158 Å². The summed E-state index contributed by atoms with van der Waals surface area (Å²) < 4.78 is 33.3. The van der Waals surface area contributed by atoms with Crippen molar-refractivity contribution in [3.05, 3.63) is 158 Å². The van der Waals surface area contributed by atoms with Crippen LogP contribution >= 0.6 is 7.82 Å². The van der Waals surface area contributed by atoms with Gasteiger partial charge in [0.25, 0.3) is 0 Å². The monoisotopic (exact) mass is 1450 g/mol. The number of phosphoric acid groups is 1. The minimum absolute atomic E-state index is 0.0507. The largest absolute Gasteiger partial charge is 0.472 e. The van der Waals surface area contributed by atoms with Crippen molar-refractivity contribution in [3.63, 3.8) is 0 Å². The zero-order chi connectivity index (χ0) is 74.3. The third kappa shape index (κ3) is 86.4. The van der Waals surface area contributed by atoms with Gasteiger partial charge in [-0.3, -0.25) is 18.6 Å². The van der Waals surface area contributed by atoms with Crippen molar-refractivity contribution >= 4 is 19.8 Å². The molecule has 0 fully saturated rings. The van der Waals surface area contributed by atoms with Crippen LogP contribution in [0, 0.1) is 0 Å². The molecule has 0 saturated carbocycles. The van der Waals surface area contributed by atoms with Crippen molar-refractivity contribution < 1.29 is 37.6 Å². The van der Waals surface area contributed by atoms with Gasteiger partial charge < -0.3 is 20.1 Å². The third-order valence-electron chi connectivity index (χ3n) is 18.4. The Morgan fingerprint density at radius 3 is 0.748 bits per heavy atom. The number of hydrogen-bond acceptors (Lipinski definition) is 8. The summed E-state index contributed by atoms with van der Waals surface area (Å²) in [6.45, 7) is 3.56. The van der Waals surface area contributed by atoms with Gasteiger partial charge in [-0.15, -0.1) is 0 Å². The van der Waals surface area contributed by atoms with Crippen LogP contribution in [0.1, 0.15) is 386 Å². The van der Waals surface area contributed by atoms with Crippen LogP contribution in [-0.4, -0.2) is 49.3 Å². The zero-order valence-corrected chi connectivity index (χ0v) is 67.7. The van der Waals surface area contributed by atoms with Crippen LogP contribution < -0.4 is 5.73 Å². The molecule has 2 atom stereocenters. The lowest BCUT2D eigenvalue weighted by atomic mass is 10.0. The first kappa shape index (κ1) is 98.6. The second kappa shape index (κ2) is 86.5. The number of nitrogens with two attached hydrogens (primary N) is 1. The Morgan fingerprint density at radius 1 is 0.291 bits per heavy atom. The van der Waals surface area contributed by atoms with Gasteiger partial charge in [-0.2, -0.15) is 0 Å². The SMILES string of the molecule is CC/C=C\C/C=C\C/C=C\C/C=C\C/C=C\C/C=C\C/C=C\C/C=C\CCCCCCCCCCCCCCCCCCC(=O)OC(COC(=O)CCCCCCCCCCCCCCCCCCCCCCCCCCC/C=C\C/C=C\C/C=C\C/C=C\C/C=C\CC)COP(=O)(O)OCCN. The molecule has 0 aromatic heterocycles. The third-order valence-corrected chi connectivity index (χ3v) is 19.4. The molecule has 0 amide bonds. The number of carbonyl (C=O) groups excluding carboxylic acids is 2. The Bertz CT molecular complexity index is 2260. The van der Waals surface area contributed by atoms with E-state index in [1.807, 2.05) is 0 Å². The van der Waals surface area contributed by atoms with Crippen molar-refractivity contribution in [2.45, 2.75) is 392 Å². The molecular weight excluding hydrogens is 1290 g/mol. The Morgan fingerprint density at radius 2 is 0.505 bits per heavy atom. The molecule has 9 nitrogen and oxygen atoms in total. The van der Waals surface area contributed by atoms with Gasteiger partial charge in [0, 0.05) is 19.4 Å². The van der Waals surface area contributed by atoms with E-state index in [4.69, 9.17) is 24.3 Å². The normalized spacial score (nSPS) is 13.6. The second-order valence-corrected chi connectivity index (χ2v) is 29.7. The van der Waals surface area contributed by atoms with E-state index in [2.05, 4.69) is 172 Å². The van der Waals surface area contributed by atoms with E-state index in [-0.39, 0.29) is 38.6 Å². The Kier molecular flexibility index (Phi) is 82.9. The molecule has 0 spiro atoms. The molecule has 3 N–H and O–H groups in total. The summed E-state index contributed by atoms with van der Waals surface area (Å²) in [6, 6.07) is 0. The quantitative estimate of drug-likeness (QED) is 0.0264. The highest BCUT2D eigenvalue weighted by Gasteiger charge is 2.26. The van der Waals surface area contributed by atoms with Gasteiger partial charge in [0.2, 0.25) is 0 Å². The molecule has 590 valence electrons. The lowest BCUT2D eigenvalue weighted by molar-refractivity contribution is -0.161. The minimum atomic E-state index is -4.40. The van der Waals surface area contributed by atoms with Gasteiger partial charge in [-0.1, -0.05) is 409 Å². The van der Waals surface area contributed by atoms with Gasteiger partial charge >= 0.3 is 19.8 Å². The number of hydrogen-bond donors (Lipinski definition) is 2. The fraction of sp³-hybridized carbons (Fsp3) is 0.699. The summed E-state index contributed by atoms with van der Waals surface area (Å²) in [5.74, 6) is -0.815. The van der Waals surface area contributed by atoms with Gasteiger partial charge in [-0.25, -0.2) is 4.57 Å². The first-order valence-corrected chi connectivity index (χ1v) is 44.5. The van der Waals surface area contributed by atoms with Crippen molar-refractivity contribution in [3.8, 4) is 0 Å². The zero-order valence-electron chi connectivity index (χ0n) is 66.8. The van der Waals surface area contributed by atoms with Crippen LogP contribution in [0.2, 0.25) is 0 Å². The van der Waals surface area contributed by atoms with E-state index in [9.17, 15) is 19.0 Å². The highest BCUT2D eigenvalue weighted by molar-refractivity contribution is 7.47. The maximum absolute atomic E-state index is 12.8. The number of rotatable bonds is 80. The second-order valence-electron chi connectivity index (χ2n) is 28.3. The van der Waals surface area contributed by atoms with Gasteiger partial charge in [0.1, 0.15) is 6.61 Å². The molecule has 0 aliphatic heterocycles. The molecule has 0 aromatic carbocycles. The molecule has 0 radical (unpaired) electrons. The van der Waals surface area contributed by atoms with Crippen LogP contribution in [0.25, 0.3) is 0 Å². The lowest BCUT2D eigenvalue weighted by Gasteiger charge is -2.19. The highest BCUT2D eigenvalue weighted by atomic mass is 31.2. The fourth-order valence-electron chi connectivity index (χ4n) is 12.2. The smallest absolute Gasteiger partial charge is 0.462 e. The van der Waals surface area contributed by atoms with E-state index in [1.165, 1.54) is 231 Å². The number of esters is 2. The average Bonchev–Trinajstić information content (AvgIpc) is 0.970. The van der Waals surface area contributed by atoms with Crippen molar-refractivity contribution in [2.75, 3.05) is 26.4 Å². The van der Waals surface area contributed by atoms with E-state index >= 15 is 0 Å². The van der Waals surface area contributed by atoms with Crippen LogP contribution in [0.4, 0.5) is 0 Å². The standard InChI is InChI=1S/C93H160NO8P/c1-3-5-7-9-11-13-15-17-19-21-23-25-27-29-31-33-35-37-39-41-43-45-47-49-51-53-55-57-59-61-63-65-67-69-71-73-75-77-79-81-83-85-92(95)99-89-91(90-101-103(97,98)100-88-87-94)102-93(96)86-84-82-80-78-76-74-72-70-68-66-64-62-60-58-56-54-52-50-48-46-44-42-40-38-36-34-32-30-28-26-24-22-20-18-16-14-12-10-8-6-4-2/h5-8,11-14,17-20,23-26,29-32,36,38,42,44,48,50,91H,3-4,9-10,15-16,21-22,27-28,33-35,37,39-41,43,45-47,49,51-90,94H2,1-2H3,(H,97,98)/b7-5-,8-6-,13-11-,14-12-,19-17-,20-18-,25-23-,26-24-,31-29-,32-30-,38-36-,44-42-,50-48-. The predicted octanol–water partition coefficient (Wildman–Crippen LogP) is 29.4. The lowest BCUT2D eigenvalue weighted by Crippen LogP contribution is -2.29. The molecule has 0 heterocycles. The van der Waals surface area contributed by atoms with Gasteiger partial charge in [0.15, 0.2) is 6.10 Å². The molecule has 0 bridgehead atoms. The summed E-state index contributed by atoms with van der Waals surface area (Å²) in [7, 11) is -4.40. The number of ether oxygens (including phenoxy) is 2. The molecular formula is C93H160NO8P. The molecule has 2 unspecified atom stereocenters. The Balaban J connectivity index is 3.78. The van der Waals surface area contributed by atoms with E-state index < -0.39 is 26.5 Å². The average molecular weight is 1450 g/mol. The number of allylic oxidation sites excluding steroid dienone is 26. The van der Waals surface area contributed by atoms with Crippen LogP contribution in [-0.2, 0) is 32.7 Å². The van der Waals surface area contributed by atoms with Gasteiger partial charge in [0.05, 0.1) is 13.2 Å². The number of phosphoric ester groups is 1. The first-order chi connectivity index (χ1) is 50.8. The fourth-order valence-corrected chi connectivity index (χ4v) is 12.9. The van der Waals surface area contributed by atoms with Gasteiger partial charge in [-0.05, 0) is 122 Å². The molecule has 0 rings (SSSR count). The van der Waals surface area contributed by atoms with Crippen LogP contribution in [0.5, 0.6) is 0 Å². The minimum Gasteiger partial charge on any atom is -0.462 e. The van der Waals surface area contributed by atoms with E-state index in [0.717, 1.165) is 122 Å². The molecule has 10 heteroatoms.